The second-order valence-electron chi connectivity index (χ2n) is 4.69. The quantitative estimate of drug-likeness (QED) is 0.416. The van der Waals surface area contributed by atoms with Crippen LogP contribution in [0.15, 0.2) is 53.7 Å². The minimum atomic E-state index is -0.298. The van der Waals surface area contributed by atoms with Crippen molar-refractivity contribution in [1.29, 1.82) is 0 Å². The van der Waals surface area contributed by atoms with Gasteiger partial charge in [-0.25, -0.2) is 4.79 Å². The smallest absolute Gasteiger partial charge is 0.330 e. The van der Waals surface area contributed by atoms with Gasteiger partial charge in [0.25, 0.3) is 0 Å². The van der Waals surface area contributed by atoms with Crippen LogP contribution in [0.5, 0.6) is 0 Å². The van der Waals surface area contributed by atoms with Crippen molar-refractivity contribution in [3.05, 3.63) is 63.4 Å². The second-order valence-corrected chi connectivity index (χ2v) is 6.01. The van der Waals surface area contributed by atoms with Crippen LogP contribution in [-0.4, -0.2) is 12.6 Å². The summed E-state index contributed by atoms with van der Waals surface area (Å²) in [6.07, 6.45) is 11.5. The summed E-state index contributed by atoms with van der Waals surface area (Å²) in [7, 11) is 0. The van der Waals surface area contributed by atoms with Gasteiger partial charge in [0.15, 0.2) is 0 Å². The zero-order valence-corrected chi connectivity index (χ0v) is 13.9. The third kappa shape index (κ3) is 7.47. The molecule has 112 valence electrons. The standard InChI is InChI=1S/C18H22O2S/c1-5-20-18(19)13-15(3)8-6-7-14(2)9-11-17-12-10-16(4)21-17/h6-13H,5H2,1-4H3/b8-6?,11-9?,14-7?,15-13+. The number of aryl methyl sites for hydroxylation is 1. The molecule has 0 bridgehead atoms. The molecule has 1 heterocycles. The Morgan fingerprint density at radius 1 is 1.24 bits per heavy atom. The fourth-order valence-electron chi connectivity index (χ4n) is 1.58. The fourth-order valence-corrected chi connectivity index (χ4v) is 2.36. The molecule has 0 aromatic carbocycles. The number of esters is 1. The summed E-state index contributed by atoms with van der Waals surface area (Å²) in [5.74, 6) is -0.298. The van der Waals surface area contributed by atoms with Gasteiger partial charge in [0.1, 0.15) is 0 Å². The molecule has 0 aliphatic heterocycles. The lowest BCUT2D eigenvalue weighted by Crippen LogP contribution is -1.99. The van der Waals surface area contributed by atoms with Crippen LogP contribution in [0, 0.1) is 6.92 Å². The van der Waals surface area contributed by atoms with Gasteiger partial charge >= 0.3 is 5.97 Å². The maximum absolute atomic E-state index is 11.3. The first kappa shape index (κ1) is 17.2. The highest BCUT2D eigenvalue weighted by molar-refractivity contribution is 7.12. The third-order valence-corrected chi connectivity index (χ3v) is 3.59. The van der Waals surface area contributed by atoms with Crippen molar-refractivity contribution in [2.75, 3.05) is 6.61 Å². The molecule has 21 heavy (non-hydrogen) atoms. The number of carbonyl (C=O) groups is 1. The fraction of sp³-hybridized carbons (Fsp3) is 0.278. The Morgan fingerprint density at radius 3 is 2.62 bits per heavy atom. The SMILES string of the molecule is CCOC(=O)/C=C(\C)C=CC=C(C)C=Cc1ccc(C)s1. The monoisotopic (exact) mass is 302 g/mol. The molecule has 3 heteroatoms. The molecule has 0 saturated carbocycles. The molecular formula is C18H22O2S. The van der Waals surface area contributed by atoms with Crippen molar-refractivity contribution in [1.82, 2.24) is 0 Å². The van der Waals surface area contributed by atoms with Crippen molar-refractivity contribution in [2.45, 2.75) is 27.7 Å². The molecule has 0 radical (unpaired) electrons. The highest BCUT2D eigenvalue weighted by Crippen LogP contribution is 2.17. The summed E-state index contributed by atoms with van der Waals surface area (Å²) in [5.41, 5.74) is 2.02. The molecule has 0 spiro atoms. The predicted octanol–water partition coefficient (Wildman–Crippen LogP) is 5.08. The largest absolute Gasteiger partial charge is 0.463 e. The van der Waals surface area contributed by atoms with E-state index in [0.717, 1.165) is 11.1 Å². The van der Waals surface area contributed by atoms with E-state index in [-0.39, 0.29) is 5.97 Å². The first-order chi connectivity index (χ1) is 10.0. The van der Waals surface area contributed by atoms with E-state index in [1.54, 1.807) is 18.3 Å². The van der Waals surface area contributed by atoms with Crippen LogP contribution in [0.1, 0.15) is 30.5 Å². The summed E-state index contributed by atoms with van der Waals surface area (Å²) in [5, 5.41) is 0. The van der Waals surface area contributed by atoms with Gasteiger partial charge in [-0.2, -0.15) is 0 Å². The zero-order valence-electron chi connectivity index (χ0n) is 13.1. The summed E-state index contributed by atoms with van der Waals surface area (Å²) < 4.78 is 4.85. The topological polar surface area (TPSA) is 26.3 Å². The van der Waals surface area contributed by atoms with Crippen LogP contribution in [0.25, 0.3) is 6.08 Å². The number of ether oxygens (including phenoxy) is 1. The molecule has 1 rings (SSSR count). The van der Waals surface area contributed by atoms with Crippen LogP contribution in [0.2, 0.25) is 0 Å². The Bertz CT molecular complexity index is 586. The minimum absolute atomic E-state index is 0.298. The molecule has 0 saturated heterocycles. The van der Waals surface area contributed by atoms with Gasteiger partial charge in [-0.15, -0.1) is 11.3 Å². The van der Waals surface area contributed by atoms with Crippen LogP contribution < -0.4 is 0 Å². The zero-order chi connectivity index (χ0) is 15.7. The molecule has 2 nitrogen and oxygen atoms in total. The molecule has 1 aromatic heterocycles. The lowest BCUT2D eigenvalue weighted by Gasteiger charge is -1.95. The van der Waals surface area contributed by atoms with Crippen molar-refractivity contribution >= 4 is 23.4 Å². The number of hydrogen-bond donors (Lipinski definition) is 0. The van der Waals surface area contributed by atoms with Gasteiger partial charge in [0, 0.05) is 15.8 Å². The van der Waals surface area contributed by atoms with E-state index in [1.807, 2.05) is 32.1 Å². The van der Waals surface area contributed by atoms with Gasteiger partial charge in [0.05, 0.1) is 6.61 Å². The molecule has 0 aliphatic carbocycles. The van der Waals surface area contributed by atoms with E-state index in [9.17, 15) is 4.79 Å². The van der Waals surface area contributed by atoms with Gasteiger partial charge in [-0.1, -0.05) is 29.9 Å². The van der Waals surface area contributed by atoms with E-state index in [4.69, 9.17) is 4.74 Å². The number of hydrogen-bond acceptors (Lipinski definition) is 3. The van der Waals surface area contributed by atoms with Crippen LogP contribution in [0.3, 0.4) is 0 Å². The highest BCUT2D eigenvalue weighted by atomic mass is 32.1. The van der Waals surface area contributed by atoms with E-state index in [1.165, 1.54) is 15.8 Å². The number of thiophene rings is 1. The van der Waals surface area contributed by atoms with E-state index in [0.29, 0.717) is 6.61 Å². The van der Waals surface area contributed by atoms with Crippen LogP contribution in [-0.2, 0) is 9.53 Å². The first-order valence-corrected chi connectivity index (χ1v) is 7.77. The second kappa shape index (κ2) is 9.14. The summed E-state index contributed by atoms with van der Waals surface area (Å²) in [6.45, 7) is 8.22. The average Bonchev–Trinajstić information content (AvgIpc) is 2.82. The predicted molar refractivity (Wildman–Crippen MR) is 91.4 cm³/mol. The molecule has 1 aromatic rings. The Balaban J connectivity index is 2.56. The van der Waals surface area contributed by atoms with Crippen molar-refractivity contribution in [3.8, 4) is 0 Å². The minimum Gasteiger partial charge on any atom is -0.463 e. The van der Waals surface area contributed by atoms with Gasteiger partial charge in [0.2, 0.25) is 0 Å². The Labute approximate surface area is 131 Å². The van der Waals surface area contributed by atoms with E-state index < -0.39 is 0 Å². The van der Waals surface area contributed by atoms with E-state index in [2.05, 4.69) is 31.2 Å². The van der Waals surface area contributed by atoms with Crippen molar-refractivity contribution in [3.63, 3.8) is 0 Å². The van der Waals surface area contributed by atoms with Crippen LogP contribution in [0.4, 0.5) is 0 Å². The van der Waals surface area contributed by atoms with Gasteiger partial charge in [-0.3, -0.25) is 0 Å². The normalized spacial score (nSPS) is 13.3. The molecule has 0 aliphatic rings. The Morgan fingerprint density at radius 2 is 2.00 bits per heavy atom. The summed E-state index contributed by atoms with van der Waals surface area (Å²) in [4.78, 5) is 13.8. The Kier molecular flexibility index (Phi) is 7.48. The third-order valence-electron chi connectivity index (χ3n) is 2.62. The number of allylic oxidation sites excluding steroid dienone is 6. The number of rotatable bonds is 6. The highest BCUT2D eigenvalue weighted by Gasteiger charge is 1.94. The lowest BCUT2D eigenvalue weighted by atomic mass is 10.2. The first-order valence-electron chi connectivity index (χ1n) is 6.96. The lowest BCUT2D eigenvalue weighted by molar-refractivity contribution is -0.137. The molecule has 0 amide bonds. The molecular weight excluding hydrogens is 280 g/mol. The molecule has 0 fully saturated rings. The van der Waals surface area contributed by atoms with Crippen molar-refractivity contribution in [2.24, 2.45) is 0 Å². The maximum atomic E-state index is 11.3. The molecule has 0 atom stereocenters. The van der Waals surface area contributed by atoms with Gasteiger partial charge < -0.3 is 4.74 Å². The summed E-state index contributed by atoms with van der Waals surface area (Å²) >= 11 is 1.78. The molecule has 0 unspecified atom stereocenters. The number of carbonyl (C=O) groups excluding carboxylic acids is 1. The molecule has 0 N–H and O–H groups in total. The maximum Gasteiger partial charge on any atom is 0.330 e. The summed E-state index contributed by atoms with van der Waals surface area (Å²) in [6, 6.07) is 4.23. The average molecular weight is 302 g/mol. The van der Waals surface area contributed by atoms with E-state index >= 15 is 0 Å². The van der Waals surface area contributed by atoms with Crippen molar-refractivity contribution < 1.29 is 9.53 Å². The van der Waals surface area contributed by atoms with Crippen LogP contribution >= 0.6 is 11.3 Å². The Hall–Kier alpha value is -1.87. The van der Waals surface area contributed by atoms with Gasteiger partial charge in [-0.05, 0) is 51.5 Å².